The van der Waals surface area contributed by atoms with Gasteiger partial charge < -0.3 is 15.5 Å². The number of carboxylic acids is 2. The predicted molar refractivity (Wildman–Crippen MR) is 63.0 cm³/mol. The van der Waals surface area contributed by atoms with Gasteiger partial charge in [0, 0.05) is 6.54 Å². The molecule has 1 heterocycles. The number of benzene rings is 1. The summed E-state index contributed by atoms with van der Waals surface area (Å²) in [6, 6.07) is 2.93. The van der Waals surface area contributed by atoms with E-state index >= 15 is 0 Å². The Kier molecular flexibility index (Phi) is 4.09. The van der Waals surface area contributed by atoms with Crippen molar-refractivity contribution in [1.29, 1.82) is 0 Å². The quantitative estimate of drug-likeness (QED) is 0.740. The minimum Gasteiger partial charge on any atom is -0.478 e. The van der Waals surface area contributed by atoms with Crippen LogP contribution >= 0.6 is 12.4 Å². The van der Waals surface area contributed by atoms with Gasteiger partial charge >= 0.3 is 11.9 Å². The van der Waals surface area contributed by atoms with Gasteiger partial charge in [0.05, 0.1) is 11.1 Å². The summed E-state index contributed by atoms with van der Waals surface area (Å²) in [4.78, 5) is 21.9. The number of hydrogen-bond acceptors (Lipinski definition) is 3. The van der Waals surface area contributed by atoms with E-state index in [4.69, 9.17) is 10.2 Å². The second-order valence-corrected chi connectivity index (χ2v) is 3.70. The second-order valence-electron chi connectivity index (χ2n) is 3.70. The highest BCUT2D eigenvalue weighted by atomic mass is 35.5. The van der Waals surface area contributed by atoms with Crippen LogP contribution in [-0.2, 0) is 13.0 Å². The summed E-state index contributed by atoms with van der Waals surface area (Å²) in [5, 5.41) is 21.0. The van der Waals surface area contributed by atoms with Crippen molar-refractivity contribution >= 4 is 24.3 Å². The summed E-state index contributed by atoms with van der Waals surface area (Å²) in [5.41, 5.74) is 1.51. The monoisotopic (exact) mass is 257 g/mol. The number of halogens is 1. The van der Waals surface area contributed by atoms with Crippen molar-refractivity contribution in [3.63, 3.8) is 0 Å². The largest absolute Gasteiger partial charge is 0.478 e. The van der Waals surface area contributed by atoms with Crippen molar-refractivity contribution in [3.05, 3.63) is 34.4 Å². The van der Waals surface area contributed by atoms with Gasteiger partial charge in [-0.05, 0) is 36.2 Å². The Balaban J connectivity index is 0.00000144. The molecule has 2 rings (SSSR count). The number of carbonyl (C=O) groups is 2. The Morgan fingerprint density at radius 1 is 1.06 bits per heavy atom. The number of hydrogen-bond donors (Lipinski definition) is 3. The molecule has 0 radical (unpaired) electrons. The van der Waals surface area contributed by atoms with Gasteiger partial charge in [-0.15, -0.1) is 12.4 Å². The average Bonchev–Trinajstić information content (AvgIpc) is 2.27. The van der Waals surface area contributed by atoms with Crippen LogP contribution in [0.5, 0.6) is 0 Å². The third kappa shape index (κ3) is 2.57. The van der Waals surface area contributed by atoms with E-state index in [1.807, 2.05) is 0 Å². The van der Waals surface area contributed by atoms with Crippen LogP contribution in [0.15, 0.2) is 12.1 Å². The molecule has 0 atom stereocenters. The van der Waals surface area contributed by atoms with E-state index in [0.29, 0.717) is 6.54 Å². The minimum atomic E-state index is -1.20. The molecule has 17 heavy (non-hydrogen) atoms. The van der Waals surface area contributed by atoms with Crippen LogP contribution in [-0.4, -0.2) is 28.7 Å². The van der Waals surface area contributed by atoms with Gasteiger partial charge in [-0.1, -0.05) is 0 Å². The molecule has 3 N–H and O–H groups in total. The molecule has 0 aliphatic carbocycles. The van der Waals surface area contributed by atoms with E-state index in [1.54, 1.807) is 0 Å². The van der Waals surface area contributed by atoms with Gasteiger partial charge in [0.25, 0.3) is 0 Å². The van der Waals surface area contributed by atoms with Crippen LogP contribution in [0.2, 0.25) is 0 Å². The fourth-order valence-electron chi connectivity index (χ4n) is 1.89. The lowest BCUT2D eigenvalue weighted by Gasteiger charge is -2.18. The molecule has 0 spiro atoms. The van der Waals surface area contributed by atoms with Crippen LogP contribution in [0.25, 0.3) is 0 Å². The molecule has 0 fully saturated rings. The van der Waals surface area contributed by atoms with Gasteiger partial charge in [-0.3, -0.25) is 0 Å². The molecular formula is C11H12ClNO4. The number of aromatic carboxylic acids is 2. The highest BCUT2D eigenvalue weighted by Crippen LogP contribution is 2.20. The molecule has 0 aromatic heterocycles. The summed E-state index contributed by atoms with van der Waals surface area (Å²) >= 11 is 0. The summed E-state index contributed by atoms with van der Waals surface area (Å²) in [7, 11) is 0. The number of rotatable bonds is 2. The van der Waals surface area contributed by atoms with E-state index in [-0.39, 0.29) is 23.5 Å². The van der Waals surface area contributed by atoms with E-state index < -0.39 is 11.9 Å². The lowest BCUT2D eigenvalue weighted by atomic mass is 9.94. The minimum absolute atomic E-state index is 0. The van der Waals surface area contributed by atoms with Gasteiger partial charge in [0.1, 0.15) is 0 Å². The maximum Gasteiger partial charge on any atom is 0.336 e. The highest BCUT2D eigenvalue weighted by Gasteiger charge is 2.20. The van der Waals surface area contributed by atoms with Gasteiger partial charge in [-0.2, -0.15) is 0 Å². The average molecular weight is 258 g/mol. The van der Waals surface area contributed by atoms with E-state index in [9.17, 15) is 9.59 Å². The van der Waals surface area contributed by atoms with Crippen LogP contribution in [0, 0.1) is 0 Å². The van der Waals surface area contributed by atoms with Crippen LogP contribution < -0.4 is 5.32 Å². The smallest absolute Gasteiger partial charge is 0.336 e. The van der Waals surface area contributed by atoms with E-state index in [2.05, 4.69) is 5.32 Å². The maximum absolute atomic E-state index is 10.9. The van der Waals surface area contributed by atoms with Gasteiger partial charge in [0.2, 0.25) is 0 Å². The van der Waals surface area contributed by atoms with Crippen molar-refractivity contribution in [1.82, 2.24) is 5.32 Å². The van der Waals surface area contributed by atoms with Crippen molar-refractivity contribution in [2.75, 3.05) is 6.54 Å². The first-order chi connectivity index (χ1) is 7.59. The van der Waals surface area contributed by atoms with Gasteiger partial charge in [-0.25, -0.2) is 9.59 Å². The van der Waals surface area contributed by atoms with Crippen LogP contribution in [0.1, 0.15) is 31.8 Å². The summed E-state index contributed by atoms with van der Waals surface area (Å²) < 4.78 is 0. The normalized spacial score (nSPS) is 13.4. The topological polar surface area (TPSA) is 86.6 Å². The fraction of sp³-hybridized carbons (Fsp3) is 0.273. The van der Waals surface area contributed by atoms with Crippen molar-refractivity contribution in [2.45, 2.75) is 13.0 Å². The molecule has 0 bridgehead atoms. The Morgan fingerprint density at radius 3 is 2.12 bits per heavy atom. The zero-order chi connectivity index (χ0) is 11.7. The Bertz CT molecular complexity index is 430. The second kappa shape index (κ2) is 5.16. The predicted octanol–water partition coefficient (Wildman–Crippen LogP) is 1.15. The molecular weight excluding hydrogens is 246 g/mol. The number of nitrogens with one attached hydrogen (secondary N) is 1. The third-order valence-electron chi connectivity index (χ3n) is 2.69. The van der Waals surface area contributed by atoms with Crippen LogP contribution in [0.3, 0.4) is 0 Å². The summed E-state index contributed by atoms with van der Waals surface area (Å²) in [5.74, 6) is -2.40. The molecule has 0 unspecified atom stereocenters. The van der Waals surface area contributed by atoms with Gasteiger partial charge in [0.15, 0.2) is 0 Å². The first-order valence-electron chi connectivity index (χ1n) is 4.92. The number of fused-ring (bicyclic) bond motifs is 1. The lowest BCUT2D eigenvalue weighted by molar-refractivity contribution is 0.0651. The molecule has 1 aliphatic rings. The molecule has 0 saturated carbocycles. The molecule has 0 saturated heterocycles. The van der Waals surface area contributed by atoms with Crippen LogP contribution in [0.4, 0.5) is 0 Å². The number of carboxylic acid groups (broad SMARTS) is 2. The van der Waals surface area contributed by atoms with Crippen molar-refractivity contribution < 1.29 is 19.8 Å². The standard InChI is InChI=1S/C11H11NO4.ClH/c13-10(14)8-3-6-1-2-12-5-7(6)4-9(8)11(15)16;/h3-4,12H,1-2,5H2,(H,13,14)(H,15,16);1H. The maximum atomic E-state index is 10.9. The zero-order valence-electron chi connectivity index (χ0n) is 8.90. The SMILES string of the molecule is Cl.O=C(O)c1cc2c(cc1C(=O)O)CNCC2. The van der Waals surface area contributed by atoms with Crippen molar-refractivity contribution in [3.8, 4) is 0 Å². The first kappa shape index (κ1) is 13.5. The summed E-state index contributed by atoms with van der Waals surface area (Å²) in [6.07, 6.45) is 0.732. The lowest BCUT2D eigenvalue weighted by Crippen LogP contribution is -2.25. The third-order valence-corrected chi connectivity index (χ3v) is 2.69. The zero-order valence-corrected chi connectivity index (χ0v) is 9.71. The summed E-state index contributed by atoms with van der Waals surface area (Å²) in [6.45, 7) is 1.38. The molecule has 1 aliphatic heterocycles. The molecule has 92 valence electrons. The molecule has 1 aromatic rings. The molecule has 1 aromatic carbocycles. The molecule has 6 heteroatoms. The first-order valence-corrected chi connectivity index (χ1v) is 4.92. The fourth-order valence-corrected chi connectivity index (χ4v) is 1.89. The Hall–Kier alpha value is -1.59. The Labute approximate surface area is 104 Å². The Morgan fingerprint density at radius 2 is 1.59 bits per heavy atom. The highest BCUT2D eigenvalue weighted by molar-refractivity contribution is 6.02. The van der Waals surface area contributed by atoms with Crippen molar-refractivity contribution in [2.24, 2.45) is 0 Å². The molecule has 5 nitrogen and oxygen atoms in total. The molecule has 0 amide bonds. The van der Waals surface area contributed by atoms with E-state index in [0.717, 1.165) is 24.1 Å². The van der Waals surface area contributed by atoms with E-state index in [1.165, 1.54) is 12.1 Å².